The van der Waals surface area contributed by atoms with Crippen molar-refractivity contribution in [3.8, 4) is 0 Å². The summed E-state index contributed by atoms with van der Waals surface area (Å²) in [6.07, 6.45) is 4.68. The zero-order chi connectivity index (χ0) is 13.8. The number of hydrogen-bond acceptors (Lipinski definition) is 3. The van der Waals surface area contributed by atoms with Gasteiger partial charge in [0.1, 0.15) is 5.78 Å². The van der Waals surface area contributed by atoms with Gasteiger partial charge >= 0.3 is 5.97 Å². The fraction of sp³-hybridized carbons (Fsp3) is 0.867. The van der Waals surface area contributed by atoms with E-state index in [1.165, 1.54) is 0 Å². The van der Waals surface area contributed by atoms with Crippen molar-refractivity contribution in [1.82, 2.24) is 0 Å². The van der Waals surface area contributed by atoms with E-state index in [1.807, 2.05) is 27.7 Å². The summed E-state index contributed by atoms with van der Waals surface area (Å²) in [4.78, 5) is 23.4. The number of esters is 1. The third-order valence-electron chi connectivity index (χ3n) is 3.65. The molecule has 0 aromatic rings. The molecule has 0 radical (unpaired) electrons. The Labute approximate surface area is 110 Å². The second-order valence-corrected chi connectivity index (χ2v) is 6.40. The van der Waals surface area contributed by atoms with E-state index in [9.17, 15) is 9.59 Å². The van der Waals surface area contributed by atoms with E-state index in [0.717, 1.165) is 25.7 Å². The average molecular weight is 254 g/mol. The van der Waals surface area contributed by atoms with Gasteiger partial charge in [0.05, 0.1) is 12.0 Å². The summed E-state index contributed by atoms with van der Waals surface area (Å²) < 4.78 is 5.36. The highest BCUT2D eigenvalue weighted by Gasteiger charge is 2.29. The van der Waals surface area contributed by atoms with Crippen LogP contribution in [0.25, 0.3) is 0 Å². The lowest BCUT2D eigenvalue weighted by molar-refractivity contribution is -0.154. The van der Waals surface area contributed by atoms with E-state index < -0.39 is 5.41 Å². The Kier molecular flexibility index (Phi) is 5.36. The van der Waals surface area contributed by atoms with Crippen molar-refractivity contribution in [2.45, 2.75) is 59.8 Å². The quantitative estimate of drug-likeness (QED) is 0.722. The molecule has 0 aliphatic heterocycles. The van der Waals surface area contributed by atoms with Crippen LogP contribution in [0.2, 0.25) is 0 Å². The Hall–Kier alpha value is -0.860. The van der Waals surface area contributed by atoms with Gasteiger partial charge in [-0.05, 0) is 46.0 Å². The maximum absolute atomic E-state index is 11.7. The number of ketones is 1. The first-order valence-corrected chi connectivity index (χ1v) is 7.04. The van der Waals surface area contributed by atoms with Gasteiger partial charge < -0.3 is 4.74 Å². The Bertz CT molecular complexity index is 301. The second-order valence-electron chi connectivity index (χ2n) is 6.40. The molecule has 0 N–H and O–H groups in total. The molecule has 1 rings (SSSR count). The molecule has 3 heteroatoms. The molecule has 1 aliphatic rings. The van der Waals surface area contributed by atoms with Gasteiger partial charge in [0.25, 0.3) is 0 Å². The first-order valence-electron chi connectivity index (χ1n) is 7.04. The number of rotatable bonds is 4. The highest BCUT2D eigenvalue weighted by Crippen LogP contribution is 2.31. The first-order chi connectivity index (χ1) is 8.34. The molecular weight excluding hydrogens is 228 g/mol. The highest BCUT2D eigenvalue weighted by molar-refractivity contribution is 5.80. The van der Waals surface area contributed by atoms with Crippen LogP contribution in [0, 0.1) is 17.3 Å². The van der Waals surface area contributed by atoms with Crippen LogP contribution < -0.4 is 0 Å². The van der Waals surface area contributed by atoms with E-state index in [4.69, 9.17) is 4.74 Å². The molecular formula is C15H26O3. The number of hydrogen-bond donors (Lipinski definition) is 0. The van der Waals surface area contributed by atoms with Crippen LogP contribution in [0.4, 0.5) is 0 Å². The SMILES string of the molecule is CCC(=O)C1CCCC(COC(=O)C(C)(C)C)C1. The summed E-state index contributed by atoms with van der Waals surface area (Å²) in [6.45, 7) is 7.98. The van der Waals surface area contributed by atoms with Crippen molar-refractivity contribution in [1.29, 1.82) is 0 Å². The molecule has 0 heterocycles. The molecule has 1 aliphatic carbocycles. The molecule has 1 saturated carbocycles. The smallest absolute Gasteiger partial charge is 0.311 e. The Morgan fingerprint density at radius 1 is 1.22 bits per heavy atom. The highest BCUT2D eigenvalue weighted by atomic mass is 16.5. The van der Waals surface area contributed by atoms with Gasteiger partial charge in [-0.3, -0.25) is 9.59 Å². The van der Waals surface area contributed by atoms with Crippen molar-refractivity contribution in [3.63, 3.8) is 0 Å². The van der Waals surface area contributed by atoms with E-state index >= 15 is 0 Å². The van der Waals surface area contributed by atoms with E-state index in [0.29, 0.717) is 24.7 Å². The van der Waals surface area contributed by atoms with Crippen LogP contribution in [0.15, 0.2) is 0 Å². The molecule has 104 valence electrons. The van der Waals surface area contributed by atoms with Crippen molar-refractivity contribution in [3.05, 3.63) is 0 Å². The van der Waals surface area contributed by atoms with Crippen LogP contribution in [-0.2, 0) is 14.3 Å². The standard InChI is InChI=1S/C15H26O3/c1-5-13(16)12-8-6-7-11(9-12)10-18-14(17)15(2,3)4/h11-12H,5-10H2,1-4H3. The fourth-order valence-corrected chi connectivity index (χ4v) is 2.43. The molecule has 0 aromatic heterocycles. The lowest BCUT2D eigenvalue weighted by Gasteiger charge is -2.28. The van der Waals surface area contributed by atoms with E-state index in [1.54, 1.807) is 0 Å². The van der Waals surface area contributed by atoms with Crippen molar-refractivity contribution in [2.24, 2.45) is 17.3 Å². The molecule has 0 aromatic carbocycles. The first kappa shape index (κ1) is 15.2. The maximum Gasteiger partial charge on any atom is 0.311 e. The zero-order valence-electron chi connectivity index (χ0n) is 12.1. The van der Waals surface area contributed by atoms with Gasteiger partial charge in [0.2, 0.25) is 0 Å². The molecule has 2 unspecified atom stereocenters. The third-order valence-corrected chi connectivity index (χ3v) is 3.65. The molecule has 0 bridgehead atoms. The third kappa shape index (κ3) is 4.43. The molecule has 2 atom stereocenters. The largest absolute Gasteiger partial charge is 0.465 e. The minimum Gasteiger partial charge on any atom is -0.465 e. The van der Waals surface area contributed by atoms with Gasteiger partial charge in [-0.15, -0.1) is 0 Å². The summed E-state index contributed by atoms with van der Waals surface area (Å²) in [5, 5.41) is 0. The van der Waals surface area contributed by atoms with Gasteiger partial charge in [-0.25, -0.2) is 0 Å². The van der Waals surface area contributed by atoms with Crippen LogP contribution in [0.1, 0.15) is 59.8 Å². The number of carbonyl (C=O) groups excluding carboxylic acids is 2. The van der Waals surface area contributed by atoms with Crippen molar-refractivity contribution < 1.29 is 14.3 Å². The van der Waals surface area contributed by atoms with Crippen LogP contribution in [0.5, 0.6) is 0 Å². The number of ether oxygens (including phenoxy) is 1. The van der Waals surface area contributed by atoms with Crippen molar-refractivity contribution >= 4 is 11.8 Å². The lowest BCUT2D eigenvalue weighted by Crippen LogP contribution is -2.29. The predicted molar refractivity (Wildman–Crippen MR) is 71.2 cm³/mol. The summed E-state index contributed by atoms with van der Waals surface area (Å²) in [5.74, 6) is 0.779. The van der Waals surface area contributed by atoms with E-state index in [2.05, 4.69) is 0 Å². The summed E-state index contributed by atoms with van der Waals surface area (Å²) in [7, 11) is 0. The molecule has 0 amide bonds. The summed E-state index contributed by atoms with van der Waals surface area (Å²) >= 11 is 0. The van der Waals surface area contributed by atoms with E-state index in [-0.39, 0.29) is 11.9 Å². The van der Waals surface area contributed by atoms with Gasteiger partial charge in [-0.1, -0.05) is 13.3 Å². The molecule has 3 nitrogen and oxygen atoms in total. The zero-order valence-corrected chi connectivity index (χ0v) is 12.1. The topological polar surface area (TPSA) is 43.4 Å². The minimum atomic E-state index is -0.437. The predicted octanol–water partition coefficient (Wildman–Crippen LogP) is 3.36. The fourth-order valence-electron chi connectivity index (χ4n) is 2.43. The second kappa shape index (κ2) is 6.35. The van der Waals surface area contributed by atoms with Gasteiger partial charge in [0, 0.05) is 12.3 Å². The Morgan fingerprint density at radius 3 is 2.44 bits per heavy atom. The number of Topliss-reactive ketones (excluding diaryl/α,β-unsaturated/α-hetero) is 1. The van der Waals surface area contributed by atoms with Crippen LogP contribution in [0.3, 0.4) is 0 Å². The van der Waals surface area contributed by atoms with Gasteiger partial charge in [0.15, 0.2) is 0 Å². The normalized spacial score (nSPS) is 24.7. The minimum absolute atomic E-state index is 0.147. The Morgan fingerprint density at radius 2 is 1.89 bits per heavy atom. The van der Waals surface area contributed by atoms with Crippen LogP contribution in [-0.4, -0.2) is 18.4 Å². The molecule has 0 saturated heterocycles. The monoisotopic (exact) mass is 254 g/mol. The van der Waals surface area contributed by atoms with Gasteiger partial charge in [-0.2, -0.15) is 0 Å². The molecule has 18 heavy (non-hydrogen) atoms. The average Bonchev–Trinajstić information content (AvgIpc) is 2.34. The number of carbonyl (C=O) groups is 2. The summed E-state index contributed by atoms with van der Waals surface area (Å²) in [6, 6.07) is 0. The summed E-state index contributed by atoms with van der Waals surface area (Å²) in [5.41, 5.74) is -0.437. The van der Waals surface area contributed by atoms with Crippen molar-refractivity contribution in [2.75, 3.05) is 6.61 Å². The molecule has 1 fully saturated rings. The maximum atomic E-state index is 11.7. The lowest BCUT2D eigenvalue weighted by atomic mass is 9.79. The Balaban J connectivity index is 2.39. The van der Waals surface area contributed by atoms with Crippen LogP contribution >= 0.6 is 0 Å². The molecule has 0 spiro atoms.